The van der Waals surface area contributed by atoms with Gasteiger partial charge in [-0.2, -0.15) is 0 Å². The number of aliphatic carboxylic acids is 1. The molecule has 0 radical (unpaired) electrons. The second-order valence-corrected chi connectivity index (χ2v) is 4.61. The van der Waals surface area contributed by atoms with Crippen molar-refractivity contribution in [3.63, 3.8) is 0 Å². The molecule has 1 aliphatic rings. The van der Waals surface area contributed by atoms with Gasteiger partial charge in [-0.15, -0.1) is 12.4 Å². The number of carboxylic acids is 1. The third-order valence-corrected chi connectivity index (χ3v) is 3.37. The van der Waals surface area contributed by atoms with Crippen LogP contribution in [0.15, 0.2) is 18.2 Å². The minimum atomic E-state index is -0.905. The van der Waals surface area contributed by atoms with Crippen LogP contribution in [0, 0.1) is 0 Å². The van der Waals surface area contributed by atoms with Gasteiger partial charge in [-0.25, -0.2) is 0 Å². The van der Waals surface area contributed by atoms with Gasteiger partial charge in [0.05, 0.1) is 22.8 Å². The average Bonchev–Trinajstić information content (AvgIpc) is 2.33. The fourth-order valence-corrected chi connectivity index (χ4v) is 1.97. The zero-order valence-corrected chi connectivity index (χ0v) is 11.6. The summed E-state index contributed by atoms with van der Waals surface area (Å²) in [6, 6.07) is 4.61. The molecule has 1 aromatic rings. The number of benzene rings is 1. The average molecular weight is 313 g/mol. The first-order valence-electron chi connectivity index (χ1n) is 5.10. The number of morpholine rings is 1. The molecule has 1 aliphatic heterocycles. The van der Waals surface area contributed by atoms with Gasteiger partial charge in [0.25, 0.3) is 0 Å². The van der Waals surface area contributed by atoms with Crippen molar-refractivity contribution in [2.45, 2.75) is 12.1 Å². The molecular weight excluding hydrogens is 300 g/mol. The molecule has 4 nitrogen and oxygen atoms in total. The van der Waals surface area contributed by atoms with Crippen LogP contribution >= 0.6 is 35.6 Å². The number of ether oxygens (including phenoxy) is 1. The van der Waals surface area contributed by atoms with Crippen LogP contribution in [-0.4, -0.2) is 30.3 Å². The Morgan fingerprint density at radius 2 is 2.11 bits per heavy atom. The quantitative estimate of drug-likeness (QED) is 0.881. The number of carboxylic acid groups (broad SMARTS) is 1. The van der Waals surface area contributed by atoms with E-state index in [0.29, 0.717) is 16.6 Å². The van der Waals surface area contributed by atoms with Gasteiger partial charge in [-0.3, -0.25) is 10.1 Å². The predicted molar refractivity (Wildman–Crippen MR) is 71.8 cm³/mol. The summed E-state index contributed by atoms with van der Waals surface area (Å²) in [6.45, 7) is 0.579. The molecule has 0 bridgehead atoms. The topological polar surface area (TPSA) is 58.6 Å². The lowest BCUT2D eigenvalue weighted by atomic mass is 10.1. The highest BCUT2D eigenvalue weighted by molar-refractivity contribution is 6.42. The van der Waals surface area contributed by atoms with Crippen molar-refractivity contribution in [1.29, 1.82) is 0 Å². The van der Waals surface area contributed by atoms with Crippen molar-refractivity contribution in [2.75, 3.05) is 13.2 Å². The van der Waals surface area contributed by atoms with Gasteiger partial charge in [0, 0.05) is 6.54 Å². The smallest absolute Gasteiger partial charge is 0.323 e. The standard InChI is InChI=1S/C11H11Cl2NO3.ClH/c12-7-2-1-6(3-8(7)13)10-4-14-9(5-17-10)11(15)16;/h1-3,9-10,14H,4-5H2,(H,15,16);1H/t9-,10+;/m0./s1. The van der Waals surface area contributed by atoms with Crippen molar-refractivity contribution in [1.82, 2.24) is 5.32 Å². The summed E-state index contributed by atoms with van der Waals surface area (Å²) in [5.41, 5.74) is 0.885. The molecule has 0 spiro atoms. The summed E-state index contributed by atoms with van der Waals surface area (Å²) in [4.78, 5) is 10.7. The van der Waals surface area contributed by atoms with Crippen LogP contribution in [0.5, 0.6) is 0 Å². The van der Waals surface area contributed by atoms with Crippen molar-refractivity contribution < 1.29 is 14.6 Å². The second-order valence-electron chi connectivity index (χ2n) is 3.79. The zero-order valence-electron chi connectivity index (χ0n) is 9.23. The van der Waals surface area contributed by atoms with E-state index in [-0.39, 0.29) is 25.1 Å². The minimum absolute atomic E-state index is 0. The van der Waals surface area contributed by atoms with Crippen LogP contribution in [0.4, 0.5) is 0 Å². The van der Waals surface area contributed by atoms with Crippen LogP contribution in [0.3, 0.4) is 0 Å². The molecule has 0 saturated carbocycles. The molecule has 2 atom stereocenters. The molecule has 7 heteroatoms. The first-order valence-corrected chi connectivity index (χ1v) is 5.86. The molecule has 2 rings (SSSR count). The largest absolute Gasteiger partial charge is 0.480 e. The van der Waals surface area contributed by atoms with Gasteiger partial charge in [0.15, 0.2) is 0 Å². The second kappa shape index (κ2) is 6.59. The van der Waals surface area contributed by atoms with E-state index in [1.54, 1.807) is 12.1 Å². The zero-order chi connectivity index (χ0) is 12.4. The minimum Gasteiger partial charge on any atom is -0.480 e. The number of rotatable bonds is 2. The SMILES string of the molecule is Cl.O=C(O)[C@@H]1CO[C@@H](c2ccc(Cl)c(Cl)c2)CN1. The summed E-state index contributed by atoms with van der Waals surface area (Å²) in [7, 11) is 0. The normalized spacial score (nSPS) is 23.2. The van der Waals surface area contributed by atoms with Crippen LogP contribution in [0.2, 0.25) is 10.0 Å². The van der Waals surface area contributed by atoms with E-state index < -0.39 is 12.0 Å². The number of nitrogens with one attached hydrogen (secondary N) is 1. The van der Waals surface area contributed by atoms with Gasteiger partial charge < -0.3 is 9.84 Å². The first kappa shape index (κ1) is 15.5. The van der Waals surface area contributed by atoms with E-state index in [2.05, 4.69) is 5.32 Å². The Morgan fingerprint density at radius 3 is 2.61 bits per heavy atom. The van der Waals surface area contributed by atoms with Gasteiger partial charge in [-0.1, -0.05) is 29.3 Å². The third-order valence-electron chi connectivity index (χ3n) is 2.63. The predicted octanol–water partition coefficient (Wildman–Crippen LogP) is 2.53. The van der Waals surface area contributed by atoms with E-state index in [1.165, 1.54) is 0 Å². The summed E-state index contributed by atoms with van der Waals surface area (Å²) < 4.78 is 5.49. The van der Waals surface area contributed by atoms with Crippen molar-refractivity contribution in [3.05, 3.63) is 33.8 Å². The van der Waals surface area contributed by atoms with Crippen LogP contribution in [0.25, 0.3) is 0 Å². The van der Waals surface area contributed by atoms with Crippen LogP contribution < -0.4 is 5.32 Å². The molecule has 0 amide bonds. The molecule has 2 N–H and O–H groups in total. The Hall–Kier alpha value is -0.520. The lowest BCUT2D eigenvalue weighted by molar-refractivity contribution is -0.144. The highest BCUT2D eigenvalue weighted by Crippen LogP contribution is 2.28. The molecular formula is C11H12Cl3NO3. The van der Waals surface area contributed by atoms with Gasteiger partial charge >= 0.3 is 5.97 Å². The molecule has 100 valence electrons. The molecule has 1 aromatic carbocycles. The van der Waals surface area contributed by atoms with E-state index in [4.69, 9.17) is 33.0 Å². The Balaban J connectivity index is 0.00000162. The van der Waals surface area contributed by atoms with Gasteiger partial charge in [0.1, 0.15) is 6.04 Å². The summed E-state index contributed by atoms with van der Waals surface area (Å²) in [5, 5.41) is 12.6. The number of hydrogen-bond acceptors (Lipinski definition) is 3. The van der Waals surface area contributed by atoms with Crippen molar-refractivity contribution in [2.24, 2.45) is 0 Å². The fourth-order valence-electron chi connectivity index (χ4n) is 1.66. The summed E-state index contributed by atoms with van der Waals surface area (Å²) >= 11 is 11.7. The maximum atomic E-state index is 10.7. The van der Waals surface area contributed by atoms with Crippen LogP contribution in [-0.2, 0) is 9.53 Å². The Kier molecular flexibility index (Phi) is 5.69. The van der Waals surface area contributed by atoms with Crippen LogP contribution in [0.1, 0.15) is 11.7 Å². The molecule has 0 aliphatic carbocycles. The highest BCUT2D eigenvalue weighted by Gasteiger charge is 2.26. The monoisotopic (exact) mass is 311 g/mol. The first-order chi connectivity index (χ1) is 8.08. The fraction of sp³-hybridized carbons (Fsp3) is 0.364. The third kappa shape index (κ3) is 3.49. The summed E-state index contributed by atoms with van der Waals surface area (Å²) in [6.07, 6.45) is -0.194. The maximum absolute atomic E-state index is 10.7. The molecule has 1 heterocycles. The van der Waals surface area contributed by atoms with E-state index in [9.17, 15) is 4.79 Å². The molecule has 0 unspecified atom stereocenters. The Labute approximate surface area is 121 Å². The number of carbonyl (C=O) groups is 1. The highest BCUT2D eigenvalue weighted by atomic mass is 35.5. The molecule has 1 fully saturated rings. The maximum Gasteiger partial charge on any atom is 0.323 e. The van der Waals surface area contributed by atoms with Crippen molar-refractivity contribution >= 4 is 41.6 Å². The number of halogens is 3. The van der Waals surface area contributed by atoms with Gasteiger partial charge in [0.2, 0.25) is 0 Å². The number of hydrogen-bond donors (Lipinski definition) is 2. The Bertz CT molecular complexity index is 434. The van der Waals surface area contributed by atoms with E-state index >= 15 is 0 Å². The Morgan fingerprint density at radius 1 is 1.39 bits per heavy atom. The lowest BCUT2D eigenvalue weighted by Crippen LogP contribution is -2.47. The summed E-state index contributed by atoms with van der Waals surface area (Å²) in [5.74, 6) is -0.905. The van der Waals surface area contributed by atoms with Gasteiger partial charge in [-0.05, 0) is 17.7 Å². The molecule has 1 saturated heterocycles. The van der Waals surface area contributed by atoms with E-state index in [1.807, 2.05) is 6.07 Å². The lowest BCUT2D eigenvalue weighted by Gasteiger charge is -2.28. The molecule has 0 aromatic heterocycles. The van der Waals surface area contributed by atoms with Crippen molar-refractivity contribution in [3.8, 4) is 0 Å². The van der Waals surface area contributed by atoms with E-state index in [0.717, 1.165) is 5.56 Å². The molecule has 18 heavy (non-hydrogen) atoms.